The first kappa shape index (κ1) is 20.8. The van der Waals surface area contributed by atoms with Crippen LogP contribution in [0.4, 0.5) is 0 Å². The summed E-state index contributed by atoms with van der Waals surface area (Å²) in [6.45, 7) is 10.8. The number of methoxy groups -OCH3 is 1. The van der Waals surface area contributed by atoms with Gasteiger partial charge in [0.25, 0.3) is 10.1 Å². The third-order valence-corrected chi connectivity index (χ3v) is 9.80. The predicted molar refractivity (Wildman–Crippen MR) is 108 cm³/mol. The highest BCUT2D eigenvalue weighted by Gasteiger charge is 2.78. The molecular formula is C22H36O5S. The lowest BCUT2D eigenvalue weighted by Crippen LogP contribution is -2.68. The quantitative estimate of drug-likeness (QED) is 0.568. The molecular weight excluding hydrogens is 376 g/mol. The third-order valence-electron chi connectivity index (χ3n) is 9.22. The van der Waals surface area contributed by atoms with Gasteiger partial charge in [-0.1, -0.05) is 46.8 Å². The van der Waals surface area contributed by atoms with Gasteiger partial charge in [0, 0.05) is 17.9 Å². The molecule has 1 N–H and O–H groups in total. The number of ether oxygens (including phenoxy) is 1. The molecule has 6 heteroatoms. The summed E-state index contributed by atoms with van der Waals surface area (Å²) in [4.78, 5) is 0. The van der Waals surface area contributed by atoms with E-state index in [4.69, 9.17) is 8.92 Å². The van der Waals surface area contributed by atoms with Gasteiger partial charge in [-0.2, -0.15) is 8.42 Å². The number of hydrogen-bond donors (Lipinski definition) is 1. The van der Waals surface area contributed by atoms with Crippen molar-refractivity contribution in [1.29, 1.82) is 0 Å². The van der Waals surface area contributed by atoms with Gasteiger partial charge in [0.1, 0.15) is 0 Å². The van der Waals surface area contributed by atoms with E-state index in [1.807, 2.05) is 0 Å². The minimum atomic E-state index is -3.63. The molecule has 0 heterocycles. The van der Waals surface area contributed by atoms with Crippen LogP contribution in [0.2, 0.25) is 0 Å². The van der Waals surface area contributed by atoms with Crippen LogP contribution in [0.3, 0.4) is 0 Å². The van der Waals surface area contributed by atoms with Gasteiger partial charge >= 0.3 is 0 Å². The Morgan fingerprint density at radius 2 is 1.75 bits per heavy atom. The second-order valence-corrected chi connectivity index (χ2v) is 12.7. The molecule has 4 aliphatic carbocycles. The zero-order chi connectivity index (χ0) is 20.9. The van der Waals surface area contributed by atoms with Crippen molar-refractivity contribution in [3.8, 4) is 0 Å². The summed E-state index contributed by atoms with van der Waals surface area (Å²) < 4.78 is 35.9. The molecule has 160 valence electrons. The Morgan fingerprint density at radius 1 is 1.11 bits per heavy atom. The second kappa shape index (κ2) is 5.83. The van der Waals surface area contributed by atoms with Gasteiger partial charge in [-0.25, -0.2) is 0 Å². The lowest BCUT2D eigenvalue weighted by molar-refractivity contribution is -0.238. The lowest BCUT2D eigenvalue weighted by Gasteiger charge is -2.62. The molecule has 0 aromatic carbocycles. The Hall–Kier alpha value is -0.430. The molecule has 3 saturated carbocycles. The van der Waals surface area contributed by atoms with E-state index >= 15 is 0 Å². The van der Waals surface area contributed by atoms with E-state index in [2.05, 4.69) is 46.8 Å². The normalized spacial score (nSPS) is 54.4. The molecule has 0 radical (unpaired) electrons. The Balaban J connectivity index is 1.89. The molecule has 3 fully saturated rings. The lowest BCUT2D eigenvalue weighted by atomic mass is 9.46. The molecule has 0 unspecified atom stereocenters. The van der Waals surface area contributed by atoms with Gasteiger partial charge in [0.15, 0.2) is 0 Å². The van der Waals surface area contributed by atoms with Gasteiger partial charge < -0.3 is 9.84 Å². The van der Waals surface area contributed by atoms with Gasteiger partial charge in [-0.3, -0.25) is 4.18 Å². The minimum Gasteiger partial charge on any atom is -0.388 e. The van der Waals surface area contributed by atoms with Gasteiger partial charge in [0.05, 0.1) is 24.1 Å². The second-order valence-electron chi connectivity index (χ2n) is 11.1. The summed E-state index contributed by atoms with van der Waals surface area (Å²) in [5.74, 6) is 0.800. The van der Waals surface area contributed by atoms with Crippen LogP contribution in [0.15, 0.2) is 12.2 Å². The third kappa shape index (κ3) is 2.38. The van der Waals surface area contributed by atoms with E-state index in [9.17, 15) is 13.5 Å². The Morgan fingerprint density at radius 3 is 2.32 bits per heavy atom. The van der Waals surface area contributed by atoms with Gasteiger partial charge in [-0.05, 0) is 48.3 Å². The molecule has 28 heavy (non-hydrogen) atoms. The number of hydrogen-bond acceptors (Lipinski definition) is 5. The largest absolute Gasteiger partial charge is 0.388 e. The maximum atomic E-state index is 12.6. The molecule has 4 aliphatic rings. The van der Waals surface area contributed by atoms with Crippen LogP contribution < -0.4 is 0 Å². The first-order valence-corrected chi connectivity index (χ1v) is 12.4. The summed E-state index contributed by atoms with van der Waals surface area (Å²) in [5, 5.41) is 12.6. The molecule has 0 amide bonds. The SMILES string of the molecule is CO[C@@H]1[C@H]2C[C@]3(C)[C@H](OS(C)(=O)=O)C[C@H]4C(C)(C)C=C[C@@]4(C)[C@]3(O)[C@H]2C[C@H]1C. The minimum absolute atomic E-state index is 0.0782. The molecule has 0 bridgehead atoms. The van der Waals surface area contributed by atoms with Crippen LogP contribution in [0.5, 0.6) is 0 Å². The molecule has 0 spiro atoms. The summed E-state index contributed by atoms with van der Waals surface area (Å²) in [5.41, 5.74) is -2.20. The average molecular weight is 413 g/mol. The summed E-state index contributed by atoms with van der Waals surface area (Å²) in [6.07, 6.45) is 7.40. The zero-order valence-electron chi connectivity index (χ0n) is 18.2. The van der Waals surface area contributed by atoms with E-state index in [1.165, 1.54) is 0 Å². The number of aliphatic hydroxyl groups is 1. The van der Waals surface area contributed by atoms with Crippen LogP contribution >= 0.6 is 0 Å². The molecule has 9 atom stereocenters. The van der Waals surface area contributed by atoms with Crippen molar-refractivity contribution >= 4 is 10.1 Å². The van der Waals surface area contributed by atoms with E-state index in [0.29, 0.717) is 12.3 Å². The topological polar surface area (TPSA) is 72.8 Å². The molecule has 0 aromatic rings. The van der Waals surface area contributed by atoms with Crippen LogP contribution in [-0.2, 0) is 19.0 Å². The first-order valence-electron chi connectivity index (χ1n) is 10.5. The fraction of sp³-hybridized carbons (Fsp3) is 0.909. The molecule has 0 aromatic heterocycles. The molecule has 5 nitrogen and oxygen atoms in total. The predicted octanol–water partition coefficient (Wildman–Crippen LogP) is 3.38. The van der Waals surface area contributed by atoms with Crippen LogP contribution in [0.25, 0.3) is 0 Å². The molecule has 0 aliphatic heterocycles. The maximum absolute atomic E-state index is 12.6. The van der Waals surface area contributed by atoms with Gasteiger partial charge in [-0.15, -0.1) is 0 Å². The van der Waals surface area contributed by atoms with Gasteiger partial charge in [0.2, 0.25) is 0 Å². The average Bonchev–Trinajstić information content (AvgIpc) is 3.08. The van der Waals surface area contributed by atoms with Crippen LogP contribution in [-0.4, -0.2) is 44.7 Å². The van der Waals surface area contributed by atoms with Crippen molar-refractivity contribution in [2.45, 2.75) is 71.7 Å². The monoisotopic (exact) mass is 412 g/mol. The number of allylic oxidation sites excluding steroid dienone is 1. The fourth-order valence-corrected chi connectivity index (χ4v) is 8.84. The summed E-state index contributed by atoms with van der Waals surface area (Å²) in [7, 11) is -1.87. The smallest absolute Gasteiger partial charge is 0.264 e. The van der Waals surface area contributed by atoms with E-state index in [1.54, 1.807) is 7.11 Å². The Labute approximate surface area is 170 Å². The number of fused-ring (bicyclic) bond motifs is 5. The summed E-state index contributed by atoms with van der Waals surface area (Å²) in [6, 6.07) is 0. The summed E-state index contributed by atoms with van der Waals surface area (Å²) >= 11 is 0. The highest BCUT2D eigenvalue weighted by Crippen LogP contribution is 2.75. The van der Waals surface area contributed by atoms with Crippen molar-refractivity contribution in [2.75, 3.05) is 13.4 Å². The van der Waals surface area contributed by atoms with Crippen molar-refractivity contribution in [2.24, 2.45) is 39.9 Å². The van der Waals surface area contributed by atoms with Crippen molar-refractivity contribution in [3.63, 3.8) is 0 Å². The Bertz CT molecular complexity index is 804. The Kier molecular flexibility index (Phi) is 4.34. The van der Waals surface area contributed by atoms with Crippen LogP contribution in [0.1, 0.15) is 53.9 Å². The van der Waals surface area contributed by atoms with Crippen molar-refractivity contribution in [1.82, 2.24) is 0 Å². The fourth-order valence-electron chi connectivity index (χ4n) is 8.13. The standard InChI is InChI=1S/C22H36O5S/c1-13-10-15-14(18(13)26-6)12-21(5)17(27-28(7,24)25)11-16-19(2,3)8-9-20(16,4)22(15,21)23/h8-9,13-18,23H,10-12H2,1-7H3/t13-,14+,15+,16+,17-,18+,20-,21-,22-/m1/s1. The van der Waals surface area contributed by atoms with E-state index in [0.717, 1.165) is 19.1 Å². The van der Waals surface area contributed by atoms with E-state index < -0.39 is 32.7 Å². The molecule has 4 rings (SSSR count). The highest BCUT2D eigenvalue weighted by molar-refractivity contribution is 7.86. The highest BCUT2D eigenvalue weighted by atomic mass is 32.2. The first-order chi connectivity index (χ1) is 12.7. The van der Waals surface area contributed by atoms with Crippen LogP contribution in [0, 0.1) is 39.9 Å². The molecule has 0 saturated heterocycles. The van der Waals surface area contributed by atoms with E-state index in [-0.39, 0.29) is 29.3 Å². The van der Waals surface area contributed by atoms with Crippen molar-refractivity contribution in [3.05, 3.63) is 12.2 Å². The zero-order valence-corrected chi connectivity index (χ0v) is 19.0. The number of rotatable bonds is 3. The van der Waals surface area contributed by atoms with Crippen molar-refractivity contribution < 1.29 is 22.4 Å². The maximum Gasteiger partial charge on any atom is 0.264 e.